The van der Waals surface area contributed by atoms with Crippen molar-refractivity contribution >= 4 is 40.1 Å². The van der Waals surface area contributed by atoms with Gasteiger partial charge in [0.2, 0.25) is 0 Å². The molecule has 0 bridgehead atoms. The molecule has 112 valence electrons. The second-order valence-electron chi connectivity index (χ2n) is 4.91. The fraction of sp³-hybridized carbons (Fsp3) is 0. The van der Waals surface area contributed by atoms with Crippen molar-refractivity contribution in [2.75, 3.05) is 5.43 Å². The monoisotopic (exact) mass is 322 g/mol. The predicted molar refractivity (Wildman–Crippen MR) is 91.0 cm³/mol. The number of benzene rings is 2. The highest BCUT2D eigenvalue weighted by atomic mass is 35.5. The van der Waals surface area contributed by atoms with E-state index in [9.17, 15) is 0 Å². The summed E-state index contributed by atoms with van der Waals surface area (Å²) in [7, 11) is 0. The van der Waals surface area contributed by atoms with Crippen LogP contribution < -0.4 is 5.43 Å². The van der Waals surface area contributed by atoms with Crippen LogP contribution in [-0.4, -0.2) is 26.0 Å². The standard InChI is InChI=1S/C16H11ClN6/c17-12-7-5-11(6-8-12)9-18-20-15-13-3-1-2-4-14(13)16-21-19-10-23(16)22-15/h1-10H,(H,20,22). The minimum Gasteiger partial charge on any atom is -0.259 e. The molecule has 4 aromatic rings. The lowest BCUT2D eigenvalue weighted by Crippen LogP contribution is -2.00. The largest absolute Gasteiger partial charge is 0.259 e. The van der Waals surface area contributed by atoms with Gasteiger partial charge in [0.15, 0.2) is 11.5 Å². The lowest BCUT2D eigenvalue weighted by atomic mass is 10.2. The van der Waals surface area contributed by atoms with E-state index in [0.29, 0.717) is 16.5 Å². The van der Waals surface area contributed by atoms with Crippen LogP contribution in [0, 0.1) is 0 Å². The highest BCUT2D eigenvalue weighted by Crippen LogP contribution is 2.23. The number of rotatable bonds is 3. The van der Waals surface area contributed by atoms with Gasteiger partial charge in [-0.15, -0.1) is 15.3 Å². The normalized spacial score (nSPS) is 11.5. The number of halogens is 1. The summed E-state index contributed by atoms with van der Waals surface area (Å²) in [5, 5.41) is 19.3. The van der Waals surface area contributed by atoms with Crippen molar-refractivity contribution in [1.29, 1.82) is 0 Å². The van der Waals surface area contributed by atoms with Crippen LogP contribution in [0.25, 0.3) is 16.4 Å². The summed E-state index contributed by atoms with van der Waals surface area (Å²) in [6.07, 6.45) is 3.28. The first-order chi connectivity index (χ1) is 11.3. The zero-order valence-corrected chi connectivity index (χ0v) is 12.6. The summed E-state index contributed by atoms with van der Waals surface area (Å²) in [4.78, 5) is 0. The number of aromatic nitrogens is 4. The van der Waals surface area contributed by atoms with Crippen molar-refractivity contribution in [3.8, 4) is 0 Å². The van der Waals surface area contributed by atoms with E-state index in [0.717, 1.165) is 16.3 Å². The molecule has 0 aliphatic heterocycles. The second kappa shape index (κ2) is 5.66. The molecule has 0 atom stereocenters. The molecule has 7 heteroatoms. The molecular formula is C16H11ClN6. The maximum Gasteiger partial charge on any atom is 0.185 e. The van der Waals surface area contributed by atoms with Crippen molar-refractivity contribution in [1.82, 2.24) is 19.8 Å². The number of hydrogen-bond acceptors (Lipinski definition) is 5. The Labute approximate surface area is 136 Å². The van der Waals surface area contributed by atoms with Crippen molar-refractivity contribution in [2.45, 2.75) is 0 Å². The molecule has 0 saturated heterocycles. The number of fused-ring (bicyclic) bond motifs is 3. The van der Waals surface area contributed by atoms with Gasteiger partial charge in [-0.05, 0) is 17.7 Å². The molecule has 0 fully saturated rings. The average Bonchev–Trinajstić information content (AvgIpc) is 3.05. The molecule has 0 aliphatic carbocycles. The first-order valence-electron chi connectivity index (χ1n) is 6.95. The summed E-state index contributed by atoms with van der Waals surface area (Å²) in [6, 6.07) is 15.3. The molecule has 2 heterocycles. The molecule has 0 radical (unpaired) electrons. The maximum absolute atomic E-state index is 5.87. The lowest BCUT2D eigenvalue weighted by molar-refractivity contribution is 0.934. The Balaban J connectivity index is 1.71. The first kappa shape index (κ1) is 13.7. The number of anilines is 1. The second-order valence-corrected chi connectivity index (χ2v) is 5.35. The average molecular weight is 323 g/mol. The molecule has 2 aromatic carbocycles. The van der Waals surface area contributed by atoms with Gasteiger partial charge < -0.3 is 0 Å². The predicted octanol–water partition coefficient (Wildman–Crippen LogP) is 3.38. The highest BCUT2D eigenvalue weighted by molar-refractivity contribution is 6.30. The van der Waals surface area contributed by atoms with Crippen LogP contribution >= 0.6 is 11.6 Å². The van der Waals surface area contributed by atoms with E-state index in [2.05, 4.69) is 25.8 Å². The van der Waals surface area contributed by atoms with Gasteiger partial charge >= 0.3 is 0 Å². The van der Waals surface area contributed by atoms with Gasteiger partial charge in [0, 0.05) is 15.8 Å². The van der Waals surface area contributed by atoms with E-state index >= 15 is 0 Å². The van der Waals surface area contributed by atoms with E-state index in [1.807, 2.05) is 48.5 Å². The fourth-order valence-electron chi connectivity index (χ4n) is 2.33. The Bertz CT molecular complexity index is 1010. The Morgan fingerprint density at radius 3 is 2.65 bits per heavy atom. The van der Waals surface area contributed by atoms with Crippen molar-refractivity contribution in [3.05, 3.63) is 65.4 Å². The van der Waals surface area contributed by atoms with Gasteiger partial charge in [-0.1, -0.05) is 48.0 Å². The quantitative estimate of drug-likeness (QED) is 0.464. The topological polar surface area (TPSA) is 67.5 Å². The summed E-state index contributed by atoms with van der Waals surface area (Å²) < 4.78 is 1.63. The Morgan fingerprint density at radius 1 is 1.04 bits per heavy atom. The van der Waals surface area contributed by atoms with Crippen LogP contribution in [0.5, 0.6) is 0 Å². The number of nitrogens with one attached hydrogen (secondary N) is 1. The summed E-state index contributed by atoms with van der Waals surface area (Å²) >= 11 is 5.87. The third kappa shape index (κ3) is 2.60. The molecule has 2 aromatic heterocycles. The molecule has 4 rings (SSSR count). The van der Waals surface area contributed by atoms with E-state index in [1.54, 1.807) is 17.1 Å². The Kier molecular flexibility index (Phi) is 3.36. The molecule has 23 heavy (non-hydrogen) atoms. The molecule has 6 nitrogen and oxygen atoms in total. The molecule has 0 unspecified atom stereocenters. The number of nitrogens with zero attached hydrogens (tertiary/aromatic N) is 5. The maximum atomic E-state index is 5.87. The zero-order valence-electron chi connectivity index (χ0n) is 11.9. The van der Waals surface area contributed by atoms with Gasteiger partial charge in [-0.25, -0.2) is 0 Å². The van der Waals surface area contributed by atoms with E-state index in [4.69, 9.17) is 11.6 Å². The minimum atomic E-state index is 0.637. The van der Waals surface area contributed by atoms with Crippen molar-refractivity contribution in [2.24, 2.45) is 5.10 Å². The van der Waals surface area contributed by atoms with Crippen LogP contribution in [0.3, 0.4) is 0 Å². The summed E-state index contributed by atoms with van der Waals surface area (Å²) in [6.45, 7) is 0. The summed E-state index contributed by atoms with van der Waals surface area (Å²) in [5.74, 6) is 0.637. The van der Waals surface area contributed by atoms with Crippen LogP contribution in [0.2, 0.25) is 5.02 Å². The third-order valence-electron chi connectivity index (χ3n) is 3.42. The van der Waals surface area contributed by atoms with E-state index in [-0.39, 0.29) is 0 Å². The highest BCUT2D eigenvalue weighted by Gasteiger charge is 2.08. The van der Waals surface area contributed by atoms with Crippen LogP contribution in [0.4, 0.5) is 5.82 Å². The minimum absolute atomic E-state index is 0.637. The van der Waals surface area contributed by atoms with E-state index < -0.39 is 0 Å². The van der Waals surface area contributed by atoms with Gasteiger partial charge in [-0.3, -0.25) is 5.43 Å². The smallest absolute Gasteiger partial charge is 0.185 e. The van der Waals surface area contributed by atoms with Crippen molar-refractivity contribution in [3.63, 3.8) is 0 Å². The Morgan fingerprint density at radius 2 is 1.83 bits per heavy atom. The third-order valence-corrected chi connectivity index (χ3v) is 3.67. The fourth-order valence-corrected chi connectivity index (χ4v) is 2.45. The van der Waals surface area contributed by atoms with Gasteiger partial charge in [-0.2, -0.15) is 9.62 Å². The van der Waals surface area contributed by atoms with E-state index in [1.165, 1.54) is 0 Å². The molecule has 0 amide bonds. The summed E-state index contributed by atoms with van der Waals surface area (Å²) in [5.41, 5.74) is 4.64. The molecule has 0 saturated carbocycles. The van der Waals surface area contributed by atoms with Gasteiger partial charge in [0.05, 0.1) is 6.21 Å². The SMILES string of the molecule is Clc1ccc(C=NNc2nn3cnnc3c3ccccc23)cc1. The van der Waals surface area contributed by atoms with Gasteiger partial charge in [0.25, 0.3) is 0 Å². The first-order valence-corrected chi connectivity index (χ1v) is 7.32. The van der Waals surface area contributed by atoms with Crippen LogP contribution in [-0.2, 0) is 0 Å². The van der Waals surface area contributed by atoms with Crippen LogP contribution in [0.15, 0.2) is 60.0 Å². The zero-order chi connectivity index (χ0) is 15.6. The van der Waals surface area contributed by atoms with Crippen molar-refractivity contribution < 1.29 is 0 Å². The molecule has 0 aliphatic rings. The molecule has 1 N–H and O–H groups in total. The number of hydrazone groups is 1. The Hall–Kier alpha value is -2.99. The molecular weight excluding hydrogens is 312 g/mol. The number of hydrogen-bond donors (Lipinski definition) is 1. The lowest BCUT2D eigenvalue weighted by Gasteiger charge is -2.05. The molecule has 0 spiro atoms. The van der Waals surface area contributed by atoms with Gasteiger partial charge in [0.1, 0.15) is 6.33 Å². The van der Waals surface area contributed by atoms with Crippen LogP contribution in [0.1, 0.15) is 5.56 Å².